The van der Waals surface area contributed by atoms with Gasteiger partial charge in [-0.25, -0.2) is 4.39 Å². The lowest BCUT2D eigenvalue weighted by atomic mass is 9.67. The molecule has 1 aromatic rings. The molecule has 80 valence electrons. The predicted molar refractivity (Wildman–Crippen MR) is 55.1 cm³/mol. The molecule has 1 aliphatic rings. The summed E-state index contributed by atoms with van der Waals surface area (Å²) in [6.45, 7) is 2.12. The number of carbonyl (C=O) groups excluding carboxylic acids is 1. The first-order valence-electron chi connectivity index (χ1n) is 5.24. The maximum absolute atomic E-state index is 12.6. The van der Waals surface area contributed by atoms with E-state index < -0.39 is 5.82 Å². The molecule has 0 aliphatic heterocycles. The third-order valence-corrected chi connectivity index (χ3v) is 3.16. The summed E-state index contributed by atoms with van der Waals surface area (Å²) < 4.78 is 12.6. The lowest BCUT2D eigenvalue weighted by Crippen LogP contribution is -2.28. The van der Waals surface area contributed by atoms with E-state index in [0.717, 1.165) is 19.0 Å². The van der Waals surface area contributed by atoms with E-state index in [1.165, 1.54) is 18.6 Å². The third kappa shape index (κ3) is 2.22. The zero-order valence-electron chi connectivity index (χ0n) is 8.79. The number of carbonyl (C=O) groups is 1. The fourth-order valence-electron chi connectivity index (χ4n) is 1.98. The number of halogens is 1. The summed E-state index contributed by atoms with van der Waals surface area (Å²) in [7, 11) is 0. The van der Waals surface area contributed by atoms with Gasteiger partial charge in [-0.05, 0) is 30.4 Å². The average Bonchev–Trinajstić information content (AvgIpc) is 2.16. The van der Waals surface area contributed by atoms with Gasteiger partial charge in [-0.15, -0.1) is 0 Å². The van der Waals surface area contributed by atoms with Gasteiger partial charge in [0, 0.05) is 6.42 Å². The molecular weight excluding hydrogens is 193 g/mol. The van der Waals surface area contributed by atoms with Gasteiger partial charge in [-0.1, -0.05) is 13.3 Å². The molecule has 2 rings (SSSR count). The number of ketones is 1. The van der Waals surface area contributed by atoms with E-state index in [2.05, 4.69) is 11.9 Å². The molecule has 0 saturated heterocycles. The van der Waals surface area contributed by atoms with Gasteiger partial charge in [-0.3, -0.25) is 9.78 Å². The fraction of sp³-hybridized carbons (Fsp3) is 0.500. The smallest absolute Gasteiger partial charge is 0.181 e. The van der Waals surface area contributed by atoms with Crippen molar-refractivity contribution in [3.8, 4) is 0 Å². The number of aromatic nitrogens is 1. The van der Waals surface area contributed by atoms with Crippen LogP contribution in [0.3, 0.4) is 0 Å². The molecule has 1 aromatic heterocycles. The highest BCUT2D eigenvalue weighted by Gasteiger charge is 2.34. The molecule has 0 atom stereocenters. The normalized spacial score (nSPS) is 18.3. The first kappa shape index (κ1) is 10.3. The van der Waals surface area contributed by atoms with Crippen molar-refractivity contribution >= 4 is 5.78 Å². The Labute approximate surface area is 88.5 Å². The van der Waals surface area contributed by atoms with Crippen molar-refractivity contribution in [3.05, 3.63) is 29.8 Å². The zero-order valence-corrected chi connectivity index (χ0v) is 8.79. The number of rotatable bonds is 3. The van der Waals surface area contributed by atoms with Gasteiger partial charge < -0.3 is 0 Å². The maximum Gasteiger partial charge on any atom is 0.181 e. The first-order chi connectivity index (χ1) is 7.09. The molecule has 1 saturated carbocycles. The van der Waals surface area contributed by atoms with Crippen molar-refractivity contribution < 1.29 is 9.18 Å². The van der Waals surface area contributed by atoms with E-state index in [4.69, 9.17) is 0 Å². The van der Waals surface area contributed by atoms with E-state index in [-0.39, 0.29) is 11.2 Å². The van der Waals surface area contributed by atoms with Gasteiger partial charge in [0.05, 0.1) is 6.20 Å². The Hall–Kier alpha value is -1.25. The van der Waals surface area contributed by atoms with Crippen LogP contribution in [0.4, 0.5) is 4.39 Å². The van der Waals surface area contributed by atoms with Gasteiger partial charge in [0.2, 0.25) is 0 Å². The minimum atomic E-state index is -0.401. The largest absolute Gasteiger partial charge is 0.292 e. The molecular formula is C12H14FNO. The monoisotopic (exact) mass is 207 g/mol. The van der Waals surface area contributed by atoms with Crippen LogP contribution in [0.25, 0.3) is 0 Å². The molecule has 15 heavy (non-hydrogen) atoms. The van der Waals surface area contributed by atoms with E-state index in [0.29, 0.717) is 12.1 Å². The van der Waals surface area contributed by atoms with Crippen molar-refractivity contribution in [2.45, 2.75) is 32.6 Å². The summed E-state index contributed by atoms with van der Waals surface area (Å²) in [5.74, 6) is -0.376. The van der Waals surface area contributed by atoms with Crippen molar-refractivity contribution in [1.82, 2.24) is 4.98 Å². The van der Waals surface area contributed by atoms with Crippen LogP contribution < -0.4 is 0 Å². The molecule has 0 N–H and O–H groups in total. The molecule has 0 aromatic carbocycles. The highest BCUT2D eigenvalue weighted by Crippen LogP contribution is 2.43. The zero-order chi connectivity index (χ0) is 10.9. The second kappa shape index (κ2) is 3.72. The summed E-state index contributed by atoms with van der Waals surface area (Å²) in [6.07, 6.45) is 5.06. The van der Waals surface area contributed by atoms with Gasteiger partial charge >= 0.3 is 0 Å². The van der Waals surface area contributed by atoms with Crippen LogP contribution in [0.1, 0.15) is 43.1 Å². The van der Waals surface area contributed by atoms with Crippen LogP contribution >= 0.6 is 0 Å². The van der Waals surface area contributed by atoms with E-state index in [1.807, 2.05) is 0 Å². The quantitative estimate of drug-likeness (QED) is 0.713. The first-order valence-corrected chi connectivity index (χ1v) is 5.24. The minimum Gasteiger partial charge on any atom is -0.292 e. The summed E-state index contributed by atoms with van der Waals surface area (Å²) in [5.41, 5.74) is 0.539. The van der Waals surface area contributed by atoms with Crippen molar-refractivity contribution in [1.29, 1.82) is 0 Å². The highest BCUT2D eigenvalue weighted by molar-refractivity contribution is 5.94. The Morgan fingerprint density at radius 1 is 1.53 bits per heavy atom. The van der Waals surface area contributed by atoms with E-state index in [9.17, 15) is 9.18 Å². The fourth-order valence-corrected chi connectivity index (χ4v) is 1.98. The van der Waals surface area contributed by atoms with Gasteiger partial charge in [-0.2, -0.15) is 0 Å². The van der Waals surface area contributed by atoms with Crippen LogP contribution in [0, 0.1) is 11.2 Å². The number of hydrogen-bond donors (Lipinski definition) is 0. The van der Waals surface area contributed by atoms with Gasteiger partial charge in [0.15, 0.2) is 5.78 Å². The Morgan fingerprint density at radius 2 is 2.27 bits per heavy atom. The van der Waals surface area contributed by atoms with E-state index >= 15 is 0 Å². The molecule has 0 amide bonds. The Kier molecular flexibility index (Phi) is 2.55. The molecule has 0 spiro atoms. The number of pyridine rings is 1. The van der Waals surface area contributed by atoms with Crippen LogP contribution in [0.15, 0.2) is 18.3 Å². The standard InChI is InChI=1S/C12H14FNO/c1-12(5-2-6-12)7-11(15)10-4-3-9(13)8-14-10/h3-4,8H,2,5-7H2,1H3. The SMILES string of the molecule is CC1(CC(=O)c2ccc(F)cn2)CCC1. The van der Waals surface area contributed by atoms with E-state index in [1.54, 1.807) is 0 Å². The van der Waals surface area contributed by atoms with Crippen LogP contribution in [0.2, 0.25) is 0 Å². The maximum atomic E-state index is 12.6. The second-order valence-electron chi connectivity index (χ2n) is 4.63. The van der Waals surface area contributed by atoms with Gasteiger partial charge in [0.1, 0.15) is 11.5 Å². The lowest BCUT2D eigenvalue weighted by molar-refractivity contribution is 0.0811. The molecule has 3 heteroatoms. The van der Waals surface area contributed by atoms with Crippen molar-refractivity contribution in [2.75, 3.05) is 0 Å². The second-order valence-corrected chi connectivity index (χ2v) is 4.63. The summed E-state index contributed by atoms with van der Waals surface area (Å²) >= 11 is 0. The molecule has 1 heterocycles. The molecule has 1 fully saturated rings. The number of hydrogen-bond acceptors (Lipinski definition) is 2. The molecule has 0 bridgehead atoms. The highest BCUT2D eigenvalue weighted by atomic mass is 19.1. The average molecular weight is 207 g/mol. The number of Topliss-reactive ketones (excluding diaryl/α,β-unsaturated/α-hetero) is 1. The summed E-state index contributed by atoms with van der Waals surface area (Å²) in [4.78, 5) is 15.6. The molecule has 1 aliphatic carbocycles. The predicted octanol–water partition coefficient (Wildman–Crippen LogP) is 2.98. The summed E-state index contributed by atoms with van der Waals surface area (Å²) in [6, 6.07) is 2.74. The number of nitrogens with zero attached hydrogens (tertiary/aromatic N) is 1. The lowest BCUT2D eigenvalue weighted by Gasteiger charge is -2.37. The molecule has 0 radical (unpaired) electrons. The Morgan fingerprint density at radius 3 is 2.73 bits per heavy atom. The minimum absolute atomic E-state index is 0.0252. The Balaban J connectivity index is 2.04. The molecule has 0 unspecified atom stereocenters. The van der Waals surface area contributed by atoms with Crippen LogP contribution in [-0.2, 0) is 0 Å². The van der Waals surface area contributed by atoms with Gasteiger partial charge in [0.25, 0.3) is 0 Å². The molecule has 2 nitrogen and oxygen atoms in total. The third-order valence-electron chi connectivity index (χ3n) is 3.16. The topological polar surface area (TPSA) is 30.0 Å². The Bertz CT molecular complexity index is 368. The van der Waals surface area contributed by atoms with Crippen molar-refractivity contribution in [3.63, 3.8) is 0 Å². The van der Waals surface area contributed by atoms with Crippen LogP contribution in [0.5, 0.6) is 0 Å². The van der Waals surface area contributed by atoms with Crippen molar-refractivity contribution in [2.24, 2.45) is 5.41 Å². The summed E-state index contributed by atoms with van der Waals surface area (Å²) in [5, 5.41) is 0. The van der Waals surface area contributed by atoms with Crippen LogP contribution in [-0.4, -0.2) is 10.8 Å².